The molecule has 2 fully saturated rings. The molecular formula is C11H16ClF2NO. The van der Waals surface area contributed by atoms with E-state index in [4.69, 9.17) is 11.6 Å². The van der Waals surface area contributed by atoms with Gasteiger partial charge in [0.2, 0.25) is 5.91 Å². The molecule has 0 N–H and O–H groups in total. The van der Waals surface area contributed by atoms with Crippen LogP contribution < -0.4 is 0 Å². The highest BCUT2D eigenvalue weighted by Crippen LogP contribution is 2.45. The number of carbonyl (C=O) groups is 1. The topological polar surface area (TPSA) is 20.3 Å². The van der Waals surface area contributed by atoms with Gasteiger partial charge in [-0.05, 0) is 18.8 Å². The van der Waals surface area contributed by atoms with Crippen LogP contribution in [0.25, 0.3) is 0 Å². The SMILES string of the molecule is O=C(CCCl)N1C[C@H]2CCCC(F)(F)[C@H]2C1. The zero-order valence-corrected chi connectivity index (χ0v) is 9.85. The van der Waals surface area contributed by atoms with E-state index in [-0.39, 0.29) is 37.1 Å². The first-order chi connectivity index (χ1) is 7.54. The van der Waals surface area contributed by atoms with E-state index in [9.17, 15) is 13.6 Å². The van der Waals surface area contributed by atoms with E-state index in [0.717, 1.165) is 6.42 Å². The Kier molecular flexibility index (Phi) is 3.38. The second kappa shape index (κ2) is 4.47. The predicted molar refractivity (Wildman–Crippen MR) is 57.7 cm³/mol. The molecular weight excluding hydrogens is 236 g/mol. The van der Waals surface area contributed by atoms with Gasteiger partial charge in [0, 0.05) is 37.7 Å². The number of hydrogen-bond acceptors (Lipinski definition) is 1. The summed E-state index contributed by atoms with van der Waals surface area (Å²) in [4.78, 5) is 13.2. The number of amides is 1. The van der Waals surface area contributed by atoms with E-state index in [2.05, 4.69) is 0 Å². The van der Waals surface area contributed by atoms with Gasteiger partial charge in [-0.3, -0.25) is 4.79 Å². The van der Waals surface area contributed by atoms with Crippen LogP contribution in [-0.4, -0.2) is 35.7 Å². The number of halogens is 3. The molecule has 1 aliphatic heterocycles. The monoisotopic (exact) mass is 251 g/mol. The minimum atomic E-state index is -2.58. The third kappa shape index (κ3) is 2.17. The fraction of sp³-hybridized carbons (Fsp3) is 0.909. The summed E-state index contributed by atoms with van der Waals surface area (Å²) in [6.45, 7) is 0.712. The van der Waals surface area contributed by atoms with Gasteiger partial charge in [0.1, 0.15) is 0 Å². The number of carbonyl (C=O) groups excluding carboxylic acids is 1. The Bertz CT molecular complexity index is 285. The molecule has 0 unspecified atom stereocenters. The number of likely N-dealkylation sites (tertiary alicyclic amines) is 1. The second-order valence-electron chi connectivity index (χ2n) is 4.76. The van der Waals surface area contributed by atoms with Crippen LogP contribution in [0.15, 0.2) is 0 Å². The van der Waals surface area contributed by atoms with E-state index in [1.165, 1.54) is 0 Å². The number of hydrogen-bond donors (Lipinski definition) is 0. The van der Waals surface area contributed by atoms with E-state index in [0.29, 0.717) is 13.0 Å². The van der Waals surface area contributed by atoms with Crippen molar-refractivity contribution in [3.05, 3.63) is 0 Å². The molecule has 5 heteroatoms. The number of rotatable bonds is 2. The van der Waals surface area contributed by atoms with E-state index < -0.39 is 11.8 Å². The summed E-state index contributed by atoms with van der Waals surface area (Å²) in [5.74, 6) is -3.04. The maximum atomic E-state index is 13.6. The molecule has 0 aromatic rings. The molecule has 1 heterocycles. The summed E-state index contributed by atoms with van der Waals surface area (Å²) in [6, 6.07) is 0. The molecule has 16 heavy (non-hydrogen) atoms. The van der Waals surface area contributed by atoms with Gasteiger partial charge in [-0.15, -0.1) is 11.6 Å². The highest BCUT2D eigenvalue weighted by molar-refractivity contribution is 6.18. The lowest BCUT2D eigenvalue weighted by atomic mass is 9.79. The summed E-state index contributed by atoms with van der Waals surface area (Å²) in [6.07, 6.45) is 1.63. The van der Waals surface area contributed by atoms with Crippen molar-refractivity contribution in [1.29, 1.82) is 0 Å². The maximum Gasteiger partial charge on any atom is 0.252 e. The normalized spacial score (nSPS) is 32.6. The second-order valence-corrected chi connectivity index (χ2v) is 5.14. The summed E-state index contributed by atoms with van der Waals surface area (Å²) in [5, 5.41) is 0. The largest absolute Gasteiger partial charge is 0.342 e. The van der Waals surface area contributed by atoms with Gasteiger partial charge < -0.3 is 4.90 Å². The van der Waals surface area contributed by atoms with E-state index >= 15 is 0 Å². The standard InChI is InChI=1S/C11H16ClF2NO/c12-5-3-10(16)15-6-8-2-1-4-11(13,14)9(8)7-15/h8-9H,1-7H2/t8-,9+/m1/s1. The zero-order chi connectivity index (χ0) is 11.8. The Morgan fingerprint density at radius 3 is 2.81 bits per heavy atom. The van der Waals surface area contributed by atoms with Crippen molar-refractivity contribution in [3.8, 4) is 0 Å². The Morgan fingerprint density at radius 1 is 1.44 bits per heavy atom. The average molecular weight is 252 g/mol. The number of fused-ring (bicyclic) bond motifs is 1. The smallest absolute Gasteiger partial charge is 0.252 e. The fourth-order valence-corrected chi connectivity index (χ4v) is 3.03. The van der Waals surface area contributed by atoms with Crippen LogP contribution in [-0.2, 0) is 4.79 Å². The quantitative estimate of drug-likeness (QED) is 0.691. The molecule has 2 atom stereocenters. The van der Waals surface area contributed by atoms with Gasteiger partial charge in [0.25, 0.3) is 5.92 Å². The molecule has 0 bridgehead atoms. The predicted octanol–water partition coefficient (Wildman–Crippen LogP) is 2.51. The first-order valence-corrected chi connectivity index (χ1v) is 6.29. The van der Waals surface area contributed by atoms with Crippen LogP contribution in [0.3, 0.4) is 0 Å². The third-order valence-electron chi connectivity index (χ3n) is 3.73. The van der Waals surface area contributed by atoms with Crippen LogP contribution in [0.5, 0.6) is 0 Å². The third-order valence-corrected chi connectivity index (χ3v) is 3.92. The van der Waals surface area contributed by atoms with Gasteiger partial charge in [-0.2, -0.15) is 0 Å². The molecule has 1 amide bonds. The Balaban J connectivity index is 2.02. The molecule has 0 aromatic heterocycles. The minimum absolute atomic E-state index is 0.0111. The van der Waals surface area contributed by atoms with Crippen molar-refractivity contribution in [2.75, 3.05) is 19.0 Å². The summed E-state index contributed by atoms with van der Waals surface area (Å²) in [7, 11) is 0. The summed E-state index contributed by atoms with van der Waals surface area (Å²) in [5.41, 5.74) is 0. The molecule has 2 aliphatic rings. The van der Waals surface area contributed by atoms with Crippen LogP contribution in [0, 0.1) is 11.8 Å². The lowest BCUT2D eigenvalue weighted by Gasteiger charge is -2.32. The molecule has 1 saturated carbocycles. The summed E-state index contributed by atoms with van der Waals surface area (Å²) < 4.78 is 27.2. The maximum absolute atomic E-state index is 13.6. The highest BCUT2D eigenvalue weighted by atomic mass is 35.5. The van der Waals surface area contributed by atoms with Crippen molar-refractivity contribution in [2.24, 2.45) is 11.8 Å². The highest BCUT2D eigenvalue weighted by Gasteiger charge is 2.51. The molecule has 1 aliphatic carbocycles. The van der Waals surface area contributed by atoms with E-state index in [1.54, 1.807) is 4.90 Å². The van der Waals surface area contributed by atoms with Gasteiger partial charge in [-0.25, -0.2) is 8.78 Å². The van der Waals surface area contributed by atoms with Crippen LogP contribution in [0.2, 0.25) is 0 Å². The van der Waals surface area contributed by atoms with Gasteiger partial charge in [0.15, 0.2) is 0 Å². The lowest BCUT2D eigenvalue weighted by Crippen LogP contribution is -2.38. The van der Waals surface area contributed by atoms with Crippen molar-refractivity contribution in [1.82, 2.24) is 4.90 Å². The lowest BCUT2D eigenvalue weighted by molar-refractivity contribution is -0.130. The molecule has 0 aromatic carbocycles. The molecule has 92 valence electrons. The molecule has 2 nitrogen and oxygen atoms in total. The number of nitrogens with zero attached hydrogens (tertiary/aromatic N) is 1. The Morgan fingerprint density at radius 2 is 2.19 bits per heavy atom. The first kappa shape index (κ1) is 12.1. The van der Waals surface area contributed by atoms with Crippen molar-refractivity contribution >= 4 is 17.5 Å². The van der Waals surface area contributed by atoms with Crippen molar-refractivity contribution in [3.63, 3.8) is 0 Å². The number of alkyl halides is 3. The molecule has 0 spiro atoms. The van der Waals surface area contributed by atoms with Crippen LogP contribution >= 0.6 is 11.6 Å². The van der Waals surface area contributed by atoms with Crippen molar-refractivity contribution < 1.29 is 13.6 Å². The fourth-order valence-electron chi connectivity index (χ4n) is 2.87. The Labute approximate surface area is 98.9 Å². The minimum Gasteiger partial charge on any atom is -0.342 e. The molecule has 1 saturated heterocycles. The van der Waals surface area contributed by atoms with E-state index in [1.807, 2.05) is 0 Å². The van der Waals surface area contributed by atoms with Gasteiger partial charge >= 0.3 is 0 Å². The summed E-state index contributed by atoms with van der Waals surface area (Å²) >= 11 is 5.49. The zero-order valence-electron chi connectivity index (χ0n) is 9.09. The van der Waals surface area contributed by atoms with Crippen LogP contribution in [0.4, 0.5) is 8.78 Å². The average Bonchev–Trinajstić information content (AvgIpc) is 2.63. The molecule has 2 rings (SSSR count). The van der Waals surface area contributed by atoms with Crippen LogP contribution in [0.1, 0.15) is 25.7 Å². The van der Waals surface area contributed by atoms with Gasteiger partial charge in [0.05, 0.1) is 0 Å². The van der Waals surface area contributed by atoms with Gasteiger partial charge in [-0.1, -0.05) is 0 Å². The molecule has 0 radical (unpaired) electrons. The Hall–Kier alpha value is -0.380. The van der Waals surface area contributed by atoms with Crippen molar-refractivity contribution in [2.45, 2.75) is 31.6 Å². The first-order valence-electron chi connectivity index (χ1n) is 5.76.